The number of rotatable bonds is 3. The fraction of sp³-hybridized carbons (Fsp3) is 0.350. The largest absolute Gasteiger partial charge is 0.381 e. The van der Waals surface area contributed by atoms with Crippen LogP contribution in [0.25, 0.3) is 6.08 Å². The van der Waals surface area contributed by atoms with Gasteiger partial charge in [0, 0.05) is 49.0 Å². The second kappa shape index (κ2) is 6.65. The Labute approximate surface area is 142 Å². The maximum absolute atomic E-state index is 12.8. The summed E-state index contributed by atoms with van der Waals surface area (Å²) in [5, 5.41) is 0. The van der Waals surface area contributed by atoms with Gasteiger partial charge in [0.2, 0.25) is 5.91 Å². The highest BCUT2D eigenvalue weighted by Crippen LogP contribution is 2.40. The number of carbonyl (C=O) groups excluding carboxylic acids is 1. The molecule has 2 fully saturated rings. The van der Waals surface area contributed by atoms with E-state index in [-0.39, 0.29) is 11.9 Å². The Bertz CT molecular complexity index is 709. The SMILES string of the molecule is O=C(/C=C/c1ccc[nH]1)N1C[C@H](c2ccccc2)[C@H]2COCC[C@H]21. The second-order valence-electron chi connectivity index (χ2n) is 6.56. The lowest BCUT2D eigenvalue weighted by atomic mass is 9.84. The van der Waals surface area contributed by atoms with E-state index in [1.54, 1.807) is 6.08 Å². The normalized spacial score (nSPS) is 26.7. The van der Waals surface area contributed by atoms with Gasteiger partial charge in [-0.05, 0) is 30.2 Å². The third-order valence-corrected chi connectivity index (χ3v) is 5.21. The quantitative estimate of drug-likeness (QED) is 0.883. The van der Waals surface area contributed by atoms with Crippen molar-refractivity contribution >= 4 is 12.0 Å². The van der Waals surface area contributed by atoms with Crippen LogP contribution < -0.4 is 0 Å². The van der Waals surface area contributed by atoms with Crippen LogP contribution in [0.4, 0.5) is 0 Å². The molecule has 3 heterocycles. The second-order valence-corrected chi connectivity index (χ2v) is 6.56. The molecule has 1 aromatic carbocycles. The van der Waals surface area contributed by atoms with Gasteiger partial charge in [0.1, 0.15) is 0 Å². The number of carbonyl (C=O) groups is 1. The maximum Gasteiger partial charge on any atom is 0.246 e. The molecule has 0 saturated carbocycles. The summed E-state index contributed by atoms with van der Waals surface area (Å²) in [6.45, 7) is 2.26. The number of benzene rings is 1. The van der Waals surface area contributed by atoms with Crippen molar-refractivity contribution in [1.29, 1.82) is 0 Å². The van der Waals surface area contributed by atoms with Crippen molar-refractivity contribution in [3.63, 3.8) is 0 Å². The first kappa shape index (κ1) is 15.2. The molecular weight excluding hydrogens is 300 g/mol. The Hall–Kier alpha value is -2.33. The molecule has 2 aliphatic rings. The molecule has 2 saturated heterocycles. The monoisotopic (exact) mass is 322 g/mol. The number of H-pyrrole nitrogens is 1. The predicted octanol–water partition coefficient (Wildman–Crippen LogP) is 3.06. The number of aromatic nitrogens is 1. The van der Waals surface area contributed by atoms with Gasteiger partial charge >= 0.3 is 0 Å². The van der Waals surface area contributed by atoms with Crippen LogP contribution in [0.2, 0.25) is 0 Å². The molecule has 1 N–H and O–H groups in total. The van der Waals surface area contributed by atoms with Gasteiger partial charge in [-0.25, -0.2) is 0 Å². The average molecular weight is 322 g/mol. The molecule has 0 spiro atoms. The smallest absolute Gasteiger partial charge is 0.246 e. The van der Waals surface area contributed by atoms with E-state index in [2.05, 4.69) is 29.2 Å². The fourth-order valence-corrected chi connectivity index (χ4v) is 4.01. The number of hydrogen-bond donors (Lipinski definition) is 1. The lowest BCUT2D eigenvalue weighted by molar-refractivity contribution is -0.128. The molecule has 0 bridgehead atoms. The van der Waals surface area contributed by atoms with E-state index in [9.17, 15) is 4.79 Å². The maximum atomic E-state index is 12.8. The Balaban J connectivity index is 1.55. The minimum atomic E-state index is 0.0972. The zero-order valence-electron chi connectivity index (χ0n) is 13.6. The van der Waals surface area contributed by atoms with Crippen molar-refractivity contribution in [3.8, 4) is 0 Å². The van der Waals surface area contributed by atoms with E-state index in [0.29, 0.717) is 11.8 Å². The zero-order valence-corrected chi connectivity index (χ0v) is 13.6. The first-order chi connectivity index (χ1) is 11.8. The summed E-state index contributed by atoms with van der Waals surface area (Å²) in [6.07, 6.45) is 6.33. The molecule has 1 aromatic heterocycles. The van der Waals surface area contributed by atoms with Crippen LogP contribution in [0, 0.1) is 5.92 Å². The fourth-order valence-electron chi connectivity index (χ4n) is 4.01. The van der Waals surface area contributed by atoms with Crippen molar-refractivity contribution < 1.29 is 9.53 Å². The molecule has 0 radical (unpaired) electrons. The number of nitrogens with one attached hydrogen (secondary N) is 1. The molecule has 1 amide bonds. The van der Waals surface area contributed by atoms with Gasteiger partial charge in [0.15, 0.2) is 0 Å². The molecule has 4 nitrogen and oxygen atoms in total. The summed E-state index contributed by atoms with van der Waals surface area (Å²) in [6, 6.07) is 14.7. The summed E-state index contributed by atoms with van der Waals surface area (Å²) >= 11 is 0. The standard InChI is InChI=1S/C20H22N2O2/c23-20(9-8-16-7-4-11-21-16)22-13-17(15-5-2-1-3-6-15)18-14-24-12-10-19(18)22/h1-9,11,17-19,21H,10,12-14H2/b9-8+/t17-,18-,19-/m1/s1. The third kappa shape index (κ3) is 2.89. The summed E-state index contributed by atoms with van der Waals surface area (Å²) in [7, 11) is 0. The first-order valence-electron chi connectivity index (χ1n) is 8.57. The average Bonchev–Trinajstić information content (AvgIpc) is 3.28. The summed E-state index contributed by atoms with van der Waals surface area (Å²) in [5.74, 6) is 0.850. The Morgan fingerprint density at radius 1 is 1.21 bits per heavy atom. The van der Waals surface area contributed by atoms with Crippen LogP contribution >= 0.6 is 0 Å². The molecule has 24 heavy (non-hydrogen) atoms. The lowest BCUT2D eigenvalue weighted by Crippen LogP contribution is -2.41. The third-order valence-electron chi connectivity index (χ3n) is 5.21. The number of ether oxygens (including phenoxy) is 1. The molecule has 4 rings (SSSR count). The number of nitrogens with zero attached hydrogens (tertiary/aromatic N) is 1. The van der Waals surface area contributed by atoms with Crippen LogP contribution in [0.3, 0.4) is 0 Å². The highest BCUT2D eigenvalue weighted by Gasteiger charge is 2.45. The highest BCUT2D eigenvalue weighted by molar-refractivity contribution is 5.92. The van der Waals surface area contributed by atoms with Crippen LogP contribution in [0.15, 0.2) is 54.7 Å². The summed E-state index contributed by atoms with van der Waals surface area (Å²) in [4.78, 5) is 17.9. The van der Waals surface area contributed by atoms with E-state index >= 15 is 0 Å². The lowest BCUT2D eigenvalue weighted by Gasteiger charge is -2.32. The van der Waals surface area contributed by atoms with Crippen LogP contribution in [-0.4, -0.2) is 41.6 Å². The van der Waals surface area contributed by atoms with E-state index in [0.717, 1.165) is 31.9 Å². The Kier molecular flexibility index (Phi) is 4.22. The van der Waals surface area contributed by atoms with E-state index < -0.39 is 0 Å². The molecule has 2 aromatic rings. The van der Waals surface area contributed by atoms with Gasteiger partial charge in [-0.1, -0.05) is 30.3 Å². The van der Waals surface area contributed by atoms with Crippen molar-refractivity contribution in [2.75, 3.05) is 19.8 Å². The van der Waals surface area contributed by atoms with Crippen molar-refractivity contribution in [1.82, 2.24) is 9.88 Å². The molecule has 4 heteroatoms. The number of amides is 1. The van der Waals surface area contributed by atoms with Gasteiger partial charge in [0.05, 0.1) is 6.61 Å². The molecule has 124 valence electrons. The first-order valence-corrected chi connectivity index (χ1v) is 8.57. The minimum absolute atomic E-state index is 0.0972. The van der Waals surface area contributed by atoms with E-state index in [1.165, 1.54) is 5.56 Å². The van der Waals surface area contributed by atoms with Gasteiger partial charge in [0.25, 0.3) is 0 Å². The van der Waals surface area contributed by atoms with Crippen molar-refractivity contribution in [2.45, 2.75) is 18.4 Å². The summed E-state index contributed by atoms with van der Waals surface area (Å²) in [5.41, 5.74) is 2.26. The van der Waals surface area contributed by atoms with Gasteiger partial charge in [-0.15, -0.1) is 0 Å². The van der Waals surface area contributed by atoms with Gasteiger partial charge in [-0.2, -0.15) is 0 Å². The molecule has 2 aliphatic heterocycles. The van der Waals surface area contributed by atoms with Gasteiger partial charge < -0.3 is 14.6 Å². The minimum Gasteiger partial charge on any atom is -0.381 e. The van der Waals surface area contributed by atoms with Crippen molar-refractivity contribution in [2.24, 2.45) is 5.92 Å². The molecule has 0 unspecified atom stereocenters. The molecular formula is C20H22N2O2. The van der Waals surface area contributed by atoms with Crippen LogP contribution in [0.1, 0.15) is 23.6 Å². The Morgan fingerprint density at radius 3 is 2.88 bits per heavy atom. The topological polar surface area (TPSA) is 45.3 Å². The number of aromatic amines is 1. The van der Waals surface area contributed by atoms with Crippen molar-refractivity contribution in [3.05, 3.63) is 66.0 Å². The van der Waals surface area contributed by atoms with Crippen LogP contribution in [-0.2, 0) is 9.53 Å². The van der Waals surface area contributed by atoms with E-state index in [4.69, 9.17) is 4.74 Å². The van der Waals surface area contributed by atoms with Crippen LogP contribution in [0.5, 0.6) is 0 Å². The van der Waals surface area contributed by atoms with Gasteiger partial charge in [-0.3, -0.25) is 4.79 Å². The number of fused-ring (bicyclic) bond motifs is 1. The highest BCUT2D eigenvalue weighted by atomic mass is 16.5. The molecule has 3 atom stereocenters. The molecule has 0 aliphatic carbocycles. The summed E-state index contributed by atoms with van der Waals surface area (Å²) < 4.78 is 5.72. The Morgan fingerprint density at radius 2 is 2.08 bits per heavy atom. The number of hydrogen-bond acceptors (Lipinski definition) is 2. The van der Waals surface area contributed by atoms with E-state index in [1.807, 2.05) is 35.4 Å². The zero-order chi connectivity index (χ0) is 16.4. The number of likely N-dealkylation sites (tertiary alicyclic amines) is 1. The predicted molar refractivity (Wildman–Crippen MR) is 93.4 cm³/mol.